The Hall–Kier alpha value is -0.300. The number of nitrogens with zero attached hydrogens (tertiary/aromatic N) is 2. The van der Waals surface area contributed by atoms with Crippen LogP contribution in [0, 0.1) is 5.41 Å². The van der Waals surface area contributed by atoms with Crippen molar-refractivity contribution in [2.75, 3.05) is 33.2 Å². The molecular weight excluding hydrogens is 399 g/mol. The van der Waals surface area contributed by atoms with Crippen LogP contribution < -0.4 is 10.6 Å². The number of guanidine groups is 1. The van der Waals surface area contributed by atoms with Gasteiger partial charge in [-0.15, -0.1) is 24.0 Å². The molecule has 0 aromatic rings. The zero-order chi connectivity index (χ0) is 16.0. The van der Waals surface area contributed by atoms with Gasteiger partial charge in [0, 0.05) is 39.3 Å². The van der Waals surface area contributed by atoms with Gasteiger partial charge in [-0.05, 0) is 38.0 Å². The Kier molecular flexibility index (Phi) is 8.90. The quantitative estimate of drug-likeness (QED) is 0.302. The fourth-order valence-electron chi connectivity index (χ4n) is 3.71. The number of rotatable bonds is 5. The van der Waals surface area contributed by atoms with Crippen LogP contribution in [0.15, 0.2) is 17.1 Å². The van der Waals surface area contributed by atoms with Gasteiger partial charge >= 0.3 is 0 Å². The predicted octanol–water partition coefficient (Wildman–Crippen LogP) is 3.39. The second kappa shape index (κ2) is 9.87. The number of hydrogen-bond donors (Lipinski definition) is 2. The molecule has 134 valence electrons. The van der Waals surface area contributed by atoms with Crippen molar-refractivity contribution >= 4 is 29.9 Å². The molecular formula is C18H35IN4. The molecule has 0 amide bonds. The third kappa shape index (κ3) is 6.99. The highest BCUT2D eigenvalue weighted by Gasteiger charge is 2.29. The fourth-order valence-corrected chi connectivity index (χ4v) is 3.71. The minimum atomic E-state index is 0. The van der Waals surface area contributed by atoms with E-state index in [2.05, 4.69) is 41.0 Å². The Labute approximate surface area is 159 Å². The van der Waals surface area contributed by atoms with Crippen LogP contribution in [0.5, 0.6) is 0 Å². The number of likely N-dealkylation sites (tertiary alicyclic amines) is 1. The molecule has 5 heteroatoms. The summed E-state index contributed by atoms with van der Waals surface area (Å²) in [5.74, 6) is 0.978. The van der Waals surface area contributed by atoms with Crippen LogP contribution in [0.4, 0.5) is 0 Å². The molecule has 4 nitrogen and oxygen atoms in total. The summed E-state index contributed by atoms with van der Waals surface area (Å²) in [6.07, 6.45) is 7.82. The average Bonchev–Trinajstić information content (AvgIpc) is 2.92. The molecule has 0 radical (unpaired) electrons. The summed E-state index contributed by atoms with van der Waals surface area (Å²) >= 11 is 0. The zero-order valence-electron chi connectivity index (χ0n) is 15.2. The summed E-state index contributed by atoms with van der Waals surface area (Å²) in [5.41, 5.74) is 1.72. The van der Waals surface area contributed by atoms with Crippen LogP contribution in [-0.2, 0) is 0 Å². The molecule has 2 N–H and O–H groups in total. The van der Waals surface area contributed by atoms with Gasteiger partial charge in [0.25, 0.3) is 0 Å². The molecule has 0 spiro atoms. The molecule has 1 saturated carbocycles. The summed E-state index contributed by atoms with van der Waals surface area (Å²) < 4.78 is 0. The Balaban J connectivity index is 0.00000264. The third-order valence-corrected chi connectivity index (χ3v) is 5.14. The third-order valence-electron chi connectivity index (χ3n) is 5.14. The SMILES string of the molecule is C=C(C)CN1CCC(NC(=NC)NCC2(C)CCCC2)CC1.I. The van der Waals surface area contributed by atoms with E-state index in [9.17, 15) is 0 Å². The van der Waals surface area contributed by atoms with Crippen molar-refractivity contribution in [3.8, 4) is 0 Å². The standard InChI is InChI=1S/C18H34N4.HI/c1-15(2)13-22-11-7-16(8-12-22)21-17(19-4)20-14-18(3)9-5-6-10-18;/h16H,1,5-14H2,2-4H3,(H2,19,20,21);1H. The highest BCUT2D eigenvalue weighted by molar-refractivity contribution is 14.0. The van der Waals surface area contributed by atoms with Crippen LogP contribution in [0.3, 0.4) is 0 Å². The minimum Gasteiger partial charge on any atom is -0.356 e. The van der Waals surface area contributed by atoms with Crippen molar-refractivity contribution in [2.45, 2.75) is 58.4 Å². The van der Waals surface area contributed by atoms with Crippen LogP contribution in [0.1, 0.15) is 52.4 Å². The van der Waals surface area contributed by atoms with E-state index in [1.165, 1.54) is 44.1 Å². The maximum atomic E-state index is 4.41. The van der Waals surface area contributed by atoms with Crippen LogP contribution >= 0.6 is 24.0 Å². The topological polar surface area (TPSA) is 39.7 Å². The van der Waals surface area contributed by atoms with Crippen molar-refractivity contribution in [1.29, 1.82) is 0 Å². The average molecular weight is 434 g/mol. The first kappa shape index (κ1) is 20.7. The highest BCUT2D eigenvalue weighted by Crippen LogP contribution is 2.36. The molecule has 0 unspecified atom stereocenters. The van der Waals surface area contributed by atoms with E-state index < -0.39 is 0 Å². The lowest BCUT2D eigenvalue weighted by molar-refractivity contribution is 0.220. The second-order valence-corrected chi connectivity index (χ2v) is 7.60. The van der Waals surface area contributed by atoms with Crippen LogP contribution in [0.2, 0.25) is 0 Å². The Morgan fingerprint density at radius 2 is 1.87 bits per heavy atom. The molecule has 2 aliphatic rings. The minimum absolute atomic E-state index is 0. The zero-order valence-corrected chi connectivity index (χ0v) is 17.5. The van der Waals surface area contributed by atoms with E-state index in [0.29, 0.717) is 11.5 Å². The van der Waals surface area contributed by atoms with Gasteiger partial charge < -0.3 is 10.6 Å². The summed E-state index contributed by atoms with van der Waals surface area (Å²) in [4.78, 5) is 6.90. The number of halogens is 1. The van der Waals surface area contributed by atoms with Crippen LogP contribution in [0.25, 0.3) is 0 Å². The lowest BCUT2D eigenvalue weighted by Crippen LogP contribution is -2.50. The first-order chi connectivity index (χ1) is 10.5. The van der Waals surface area contributed by atoms with Gasteiger partial charge in [-0.1, -0.05) is 31.9 Å². The van der Waals surface area contributed by atoms with Crippen molar-refractivity contribution in [1.82, 2.24) is 15.5 Å². The molecule has 1 heterocycles. The predicted molar refractivity (Wildman–Crippen MR) is 111 cm³/mol. The van der Waals surface area contributed by atoms with Gasteiger partial charge in [0.2, 0.25) is 0 Å². The molecule has 1 aliphatic heterocycles. The lowest BCUT2D eigenvalue weighted by Gasteiger charge is -2.33. The van der Waals surface area contributed by atoms with Gasteiger partial charge in [-0.25, -0.2) is 0 Å². The summed E-state index contributed by atoms with van der Waals surface area (Å²) in [6, 6.07) is 0.545. The van der Waals surface area contributed by atoms with Crippen LogP contribution in [-0.4, -0.2) is 50.1 Å². The Morgan fingerprint density at radius 3 is 2.39 bits per heavy atom. The summed E-state index contributed by atoms with van der Waals surface area (Å²) in [6.45, 7) is 12.9. The lowest BCUT2D eigenvalue weighted by atomic mass is 9.89. The van der Waals surface area contributed by atoms with Gasteiger partial charge in [0.1, 0.15) is 0 Å². The van der Waals surface area contributed by atoms with E-state index in [-0.39, 0.29) is 24.0 Å². The van der Waals surface area contributed by atoms with Crippen molar-refractivity contribution in [3.63, 3.8) is 0 Å². The number of aliphatic imine (C=N–C) groups is 1. The van der Waals surface area contributed by atoms with E-state index in [1.807, 2.05) is 7.05 Å². The van der Waals surface area contributed by atoms with Crippen molar-refractivity contribution in [2.24, 2.45) is 10.4 Å². The molecule has 1 aliphatic carbocycles. The molecule has 2 rings (SSSR count). The van der Waals surface area contributed by atoms with Gasteiger partial charge in [-0.3, -0.25) is 9.89 Å². The molecule has 0 bridgehead atoms. The molecule has 23 heavy (non-hydrogen) atoms. The number of hydrogen-bond acceptors (Lipinski definition) is 2. The molecule has 0 aromatic heterocycles. The van der Waals surface area contributed by atoms with Gasteiger partial charge in [0.15, 0.2) is 5.96 Å². The van der Waals surface area contributed by atoms with E-state index in [1.54, 1.807) is 0 Å². The molecule has 1 saturated heterocycles. The van der Waals surface area contributed by atoms with E-state index >= 15 is 0 Å². The second-order valence-electron chi connectivity index (χ2n) is 7.60. The van der Waals surface area contributed by atoms with Crippen molar-refractivity contribution < 1.29 is 0 Å². The first-order valence-corrected chi connectivity index (χ1v) is 8.85. The summed E-state index contributed by atoms with van der Waals surface area (Å²) in [5, 5.41) is 7.16. The molecule has 0 aromatic carbocycles. The monoisotopic (exact) mass is 434 g/mol. The van der Waals surface area contributed by atoms with E-state index in [0.717, 1.165) is 32.1 Å². The number of nitrogens with one attached hydrogen (secondary N) is 2. The Bertz CT molecular complexity index is 394. The maximum Gasteiger partial charge on any atom is 0.191 e. The number of piperidine rings is 1. The normalized spacial score (nSPS) is 22.5. The molecule has 2 fully saturated rings. The smallest absolute Gasteiger partial charge is 0.191 e. The first-order valence-electron chi connectivity index (χ1n) is 8.85. The van der Waals surface area contributed by atoms with Gasteiger partial charge in [0.05, 0.1) is 0 Å². The maximum absolute atomic E-state index is 4.41. The highest BCUT2D eigenvalue weighted by atomic mass is 127. The van der Waals surface area contributed by atoms with E-state index in [4.69, 9.17) is 0 Å². The summed E-state index contributed by atoms with van der Waals surface area (Å²) in [7, 11) is 1.88. The molecule has 0 atom stereocenters. The van der Waals surface area contributed by atoms with Gasteiger partial charge in [-0.2, -0.15) is 0 Å². The Morgan fingerprint density at radius 1 is 1.26 bits per heavy atom. The fraction of sp³-hybridized carbons (Fsp3) is 0.833. The largest absolute Gasteiger partial charge is 0.356 e. The van der Waals surface area contributed by atoms with Crippen molar-refractivity contribution in [3.05, 3.63) is 12.2 Å².